The predicted molar refractivity (Wildman–Crippen MR) is 105 cm³/mol. The van der Waals surface area contributed by atoms with Gasteiger partial charge >= 0.3 is 12.1 Å². The molecule has 3 N–H and O–H groups in total. The van der Waals surface area contributed by atoms with Gasteiger partial charge in [0.25, 0.3) is 10.0 Å². The van der Waals surface area contributed by atoms with Gasteiger partial charge in [0.2, 0.25) is 11.8 Å². The average Bonchev–Trinajstić information content (AvgIpc) is 2.60. The SMILES string of the molecule is COc1cc(C)nc(NC(=O)NS(=O)(=O)c2cccc(N(C(=O)O)C(C)C)c2)n1. The van der Waals surface area contributed by atoms with Gasteiger partial charge in [0.05, 0.1) is 12.0 Å². The monoisotopic (exact) mass is 423 g/mol. The lowest BCUT2D eigenvalue weighted by Crippen LogP contribution is -2.37. The van der Waals surface area contributed by atoms with Crippen molar-refractivity contribution in [2.45, 2.75) is 31.7 Å². The molecule has 0 radical (unpaired) electrons. The van der Waals surface area contributed by atoms with Gasteiger partial charge in [0.15, 0.2) is 0 Å². The number of benzene rings is 1. The zero-order valence-corrected chi connectivity index (χ0v) is 17.0. The van der Waals surface area contributed by atoms with Crippen LogP contribution in [0.2, 0.25) is 0 Å². The van der Waals surface area contributed by atoms with Gasteiger partial charge in [0, 0.05) is 23.5 Å². The number of hydrogen-bond donors (Lipinski definition) is 3. The fourth-order valence-electron chi connectivity index (χ4n) is 2.44. The highest BCUT2D eigenvalue weighted by molar-refractivity contribution is 7.90. The number of ether oxygens (including phenoxy) is 1. The van der Waals surface area contributed by atoms with Gasteiger partial charge in [0.1, 0.15) is 0 Å². The Kier molecular flexibility index (Phi) is 6.59. The molecule has 1 aromatic carbocycles. The number of amides is 3. The number of aromatic nitrogens is 2. The Labute approximate surface area is 167 Å². The van der Waals surface area contributed by atoms with E-state index in [-0.39, 0.29) is 22.4 Å². The lowest BCUT2D eigenvalue weighted by molar-refractivity contribution is 0.200. The molecule has 12 heteroatoms. The molecule has 11 nitrogen and oxygen atoms in total. The highest BCUT2D eigenvalue weighted by Crippen LogP contribution is 2.22. The molecule has 0 fully saturated rings. The maximum absolute atomic E-state index is 12.5. The second kappa shape index (κ2) is 8.73. The first kappa shape index (κ1) is 21.9. The van der Waals surface area contributed by atoms with E-state index in [4.69, 9.17) is 4.74 Å². The number of carbonyl (C=O) groups excluding carboxylic acids is 1. The van der Waals surface area contributed by atoms with Crippen LogP contribution in [0.25, 0.3) is 0 Å². The minimum Gasteiger partial charge on any atom is -0.481 e. The van der Waals surface area contributed by atoms with E-state index in [0.29, 0.717) is 5.69 Å². The molecule has 3 amide bonds. The Morgan fingerprint density at radius 3 is 2.48 bits per heavy atom. The first-order valence-electron chi connectivity index (χ1n) is 8.39. The number of rotatable bonds is 6. The van der Waals surface area contributed by atoms with E-state index in [1.54, 1.807) is 20.8 Å². The second-order valence-electron chi connectivity index (χ2n) is 6.18. The Hall–Kier alpha value is -3.41. The zero-order chi connectivity index (χ0) is 21.8. The van der Waals surface area contributed by atoms with E-state index in [0.717, 1.165) is 11.0 Å². The fraction of sp³-hybridized carbons (Fsp3) is 0.294. The predicted octanol–water partition coefficient (Wildman–Crippen LogP) is 2.20. The van der Waals surface area contributed by atoms with Crippen molar-refractivity contribution in [1.29, 1.82) is 0 Å². The van der Waals surface area contributed by atoms with Gasteiger partial charge in [-0.05, 0) is 39.0 Å². The molecule has 2 rings (SSSR count). The molecule has 156 valence electrons. The number of nitrogens with zero attached hydrogens (tertiary/aromatic N) is 3. The third-order valence-electron chi connectivity index (χ3n) is 3.62. The van der Waals surface area contributed by atoms with Crippen LogP contribution in [0.3, 0.4) is 0 Å². The Morgan fingerprint density at radius 1 is 1.21 bits per heavy atom. The number of aryl methyl sites for hydroxylation is 1. The van der Waals surface area contributed by atoms with Crippen LogP contribution in [0.15, 0.2) is 35.2 Å². The smallest absolute Gasteiger partial charge is 0.412 e. The molecule has 1 heterocycles. The first-order valence-corrected chi connectivity index (χ1v) is 9.87. The lowest BCUT2D eigenvalue weighted by Gasteiger charge is -2.23. The third-order valence-corrected chi connectivity index (χ3v) is 4.95. The summed E-state index contributed by atoms with van der Waals surface area (Å²) in [5, 5.41) is 11.6. The van der Waals surface area contributed by atoms with E-state index in [1.165, 1.54) is 31.4 Å². The number of hydrogen-bond acceptors (Lipinski definition) is 7. The summed E-state index contributed by atoms with van der Waals surface area (Å²) in [4.78, 5) is 32.2. The van der Waals surface area contributed by atoms with Crippen LogP contribution in [0.5, 0.6) is 5.88 Å². The van der Waals surface area contributed by atoms with Crippen LogP contribution in [0.1, 0.15) is 19.5 Å². The van der Waals surface area contributed by atoms with Gasteiger partial charge in [-0.2, -0.15) is 4.98 Å². The molecule has 0 atom stereocenters. The Balaban J connectivity index is 2.23. The van der Waals surface area contributed by atoms with Crippen LogP contribution in [-0.2, 0) is 10.0 Å². The molecular formula is C17H21N5O6S. The van der Waals surface area contributed by atoms with Gasteiger partial charge in [-0.25, -0.2) is 27.7 Å². The zero-order valence-electron chi connectivity index (χ0n) is 16.2. The van der Waals surface area contributed by atoms with E-state index in [9.17, 15) is 23.1 Å². The van der Waals surface area contributed by atoms with Crippen molar-refractivity contribution in [2.24, 2.45) is 0 Å². The van der Waals surface area contributed by atoms with Gasteiger partial charge in [-0.1, -0.05) is 6.07 Å². The number of methoxy groups -OCH3 is 1. The standard InChI is InChI=1S/C17H21N5O6S/c1-10(2)22(17(24)25)12-6-5-7-13(9-12)29(26,27)21-16(23)20-15-18-11(3)8-14(19-15)28-4/h5-10H,1-4H3,(H,24,25)(H2,18,19,20,21,23). The van der Waals surface area contributed by atoms with Crippen molar-refractivity contribution >= 4 is 33.8 Å². The van der Waals surface area contributed by atoms with E-state index >= 15 is 0 Å². The quantitative estimate of drug-likeness (QED) is 0.640. The molecule has 0 bridgehead atoms. The van der Waals surface area contributed by atoms with Crippen LogP contribution in [0, 0.1) is 6.92 Å². The maximum atomic E-state index is 12.5. The van der Waals surface area contributed by atoms with E-state index < -0.39 is 28.2 Å². The largest absolute Gasteiger partial charge is 0.481 e. The Bertz CT molecular complexity index is 1020. The summed E-state index contributed by atoms with van der Waals surface area (Å²) >= 11 is 0. The van der Waals surface area contributed by atoms with Gasteiger partial charge < -0.3 is 9.84 Å². The minimum absolute atomic E-state index is 0.139. The van der Waals surface area contributed by atoms with Crippen molar-refractivity contribution in [1.82, 2.24) is 14.7 Å². The first-order chi connectivity index (χ1) is 13.5. The van der Waals surface area contributed by atoms with Crippen LogP contribution in [0.4, 0.5) is 21.2 Å². The topological polar surface area (TPSA) is 151 Å². The molecule has 0 saturated carbocycles. The highest BCUT2D eigenvalue weighted by Gasteiger charge is 2.23. The molecule has 0 unspecified atom stereocenters. The summed E-state index contributed by atoms with van der Waals surface area (Å²) in [6.45, 7) is 4.95. The van der Waals surface area contributed by atoms with E-state index in [2.05, 4.69) is 15.3 Å². The molecule has 0 aliphatic rings. The average molecular weight is 423 g/mol. The minimum atomic E-state index is -4.28. The maximum Gasteiger partial charge on any atom is 0.412 e. The highest BCUT2D eigenvalue weighted by atomic mass is 32.2. The molecule has 29 heavy (non-hydrogen) atoms. The van der Waals surface area contributed by atoms with Crippen molar-refractivity contribution in [2.75, 3.05) is 17.3 Å². The number of carbonyl (C=O) groups is 2. The van der Waals surface area contributed by atoms with Crippen molar-refractivity contribution in [3.05, 3.63) is 36.0 Å². The second-order valence-corrected chi connectivity index (χ2v) is 7.86. The molecule has 2 aromatic rings. The van der Waals surface area contributed by atoms with E-state index in [1.807, 2.05) is 4.72 Å². The molecule has 1 aromatic heterocycles. The normalized spacial score (nSPS) is 11.1. The van der Waals surface area contributed by atoms with Crippen molar-refractivity contribution in [3.63, 3.8) is 0 Å². The van der Waals surface area contributed by atoms with Crippen molar-refractivity contribution < 1.29 is 27.9 Å². The lowest BCUT2D eigenvalue weighted by atomic mass is 10.2. The molecule has 0 aliphatic carbocycles. The number of carboxylic acid groups (broad SMARTS) is 1. The van der Waals surface area contributed by atoms with Crippen LogP contribution < -0.4 is 19.7 Å². The molecule has 0 saturated heterocycles. The number of urea groups is 1. The van der Waals surface area contributed by atoms with Gasteiger partial charge in [-0.15, -0.1) is 0 Å². The summed E-state index contributed by atoms with van der Waals surface area (Å²) in [6, 6.07) is 5.28. The van der Waals surface area contributed by atoms with Gasteiger partial charge in [-0.3, -0.25) is 10.2 Å². The molecular weight excluding hydrogens is 402 g/mol. The van der Waals surface area contributed by atoms with Crippen LogP contribution >= 0.6 is 0 Å². The number of anilines is 2. The van der Waals surface area contributed by atoms with Crippen LogP contribution in [-0.4, -0.2) is 48.8 Å². The molecule has 0 spiro atoms. The fourth-order valence-corrected chi connectivity index (χ4v) is 3.38. The summed E-state index contributed by atoms with van der Waals surface area (Å²) in [6.07, 6.45) is -1.23. The third kappa shape index (κ3) is 5.54. The summed E-state index contributed by atoms with van der Waals surface area (Å²) in [5.41, 5.74) is 0.660. The number of sulfonamides is 1. The van der Waals surface area contributed by atoms with Crippen molar-refractivity contribution in [3.8, 4) is 5.88 Å². The Morgan fingerprint density at radius 2 is 1.90 bits per heavy atom. The summed E-state index contributed by atoms with van der Waals surface area (Å²) < 4.78 is 31.9. The number of nitrogens with one attached hydrogen (secondary N) is 2. The summed E-state index contributed by atoms with van der Waals surface area (Å²) in [5.74, 6) is 0.0611. The summed E-state index contributed by atoms with van der Waals surface area (Å²) in [7, 11) is -2.89. The molecule has 0 aliphatic heterocycles.